The average molecular weight is 453 g/mol. The molecule has 1 aromatic carbocycles. The van der Waals surface area contributed by atoms with Crippen molar-refractivity contribution < 1.29 is 29.6 Å². The van der Waals surface area contributed by atoms with Crippen molar-refractivity contribution in [3.8, 4) is 0 Å². The summed E-state index contributed by atoms with van der Waals surface area (Å²) in [7, 11) is 0. The number of aliphatic hydroxyl groups is 3. The summed E-state index contributed by atoms with van der Waals surface area (Å²) in [4.78, 5) is 11.4. The molecule has 0 saturated heterocycles. The molecule has 0 amide bonds. The Morgan fingerprint density at radius 1 is 1.10 bits per heavy atom. The highest BCUT2D eigenvalue weighted by Gasteiger charge is 2.42. The Morgan fingerprint density at radius 3 is 2.48 bits per heavy atom. The van der Waals surface area contributed by atoms with E-state index in [1.54, 1.807) is 13.0 Å². The number of halogens is 1. The van der Waals surface area contributed by atoms with Crippen molar-refractivity contribution in [3.63, 3.8) is 0 Å². The first-order valence-corrected chi connectivity index (χ1v) is 12.0. The maximum Gasteiger partial charge on any atom is 0.303 e. The largest absolute Gasteiger partial charge is 0.481 e. The molecule has 1 saturated carbocycles. The lowest BCUT2D eigenvalue weighted by Gasteiger charge is -2.28. The van der Waals surface area contributed by atoms with Crippen molar-refractivity contribution in [2.75, 3.05) is 0 Å². The van der Waals surface area contributed by atoms with Gasteiger partial charge in [0.2, 0.25) is 0 Å². The van der Waals surface area contributed by atoms with E-state index >= 15 is 0 Å². The summed E-state index contributed by atoms with van der Waals surface area (Å²) >= 11 is 1.38. The number of thiophene rings is 1. The van der Waals surface area contributed by atoms with E-state index in [1.807, 2.05) is 6.07 Å². The van der Waals surface area contributed by atoms with Crippen molar-refractivity contribution in [1.29, 1.82) is 0 Å². The molecule has 1 fully saturated rings. The molecule has 4 N–H and O–H groups in total. The lowest BCUT2D eigenvalue weighted by Crippen LogP contribution is -2.27. The Kier molecular flexibility index (Phi) is 8.08. The van der Waals surface area contributed by atoms with Crippen LogP contribution in [0.3, 0.4) is 0 Å². The molecule has 2 aromatic rings. The van der Waals surface area contributed by atoms with Gasteiger partial charge in [0.05, 0.1) is 17.8 Å². The zero-order valence-electron chi connectivity index (χ0n) is 18.0. The van der Waals surface area contributed by atoms with Gasteiger partial charge in [-0.05, 0) is 74.4 Å². The monoisotopic (exact) mass is 452 g/mol. The lowest BCUT2D eigenvalue weighted by molar-refractivity contribution is -0.137. The minimum Gasteiger partial charge on any atom is -0.481 e. The minimum absolute atomic E-state index is 0.0122. The van der Waals surface area contributed by atoms with Crippen molar-refractivity contribution in [3.05, 3.63) is 35.0 Å². The fourth-order valence-electron chi connectivity index (χ4n) is 4.83. The predicted molar refractivity (Wildman–Crippen MR) is 120 cm³/mol. The number of aliphatic carboxylic acids is 1. The molecule has 172 valence electrons. The van der Waals surface area contributed by atoms with Gasteiger partial charge in [0.25, 0.3) is 0 Å². The van der Waals surface area contributed by atoms with Crippen LogP contribution in [-0.2, 0) is 10.4 Å². The Bertz CT molecular complexity index is 880. The number of carboxylic acids is 1. The summed E-state index contributed by atoms with van der Waals surface area (Å²) in [5.74, 6) is -1.16. The summed E-state index contributed by atoms with van der Waals surface area (Å²) in [6.07, 6.45) is 4.57. The lowest BCUT2D eigenvalue weighted by atomic mass is 9.82. The zero-order chi connectivity index (χ0) is 22.6. The molecule has 0 bridgehead atoms. The van der Waals surface area contributed by atoms with Crippen LogP contribution in [-0.4, -0.2) is 38.6 Å². The van der Waals surface area contributed by atoms with Gasteiger partial charge in [0.1, 0.15) is 5.82 Å². The van der Waals surface area contributed by atoms with Gasteiger partial charge in [-0.3, -0.25) is 4.79 Å². The summed E-state index contributed by atoms with van der Waals surface area (Å²) < 4.78 is 14.3. The quantitative estimate of drug-likeness (QED) is 0.367. The highest BCUT2D eigenvalue weighted by molar-refractivity contribution is 7.19. The summed E-state index contributed by atoms with van der Waals surface area (Å²) in [6, 6.07) is 6.50. The van der Waals surface area contributed by atoms with Crippen LogP contribution in [0.1, 0.15) is 69.6 Å². The van der Waals surface area contributed by atoms with Crippen LogP contribution >= 0.6 is 11.3 Å². The first-order valence-electron chi connectivity index (χ1n) is 11.2. The maximum absolute atomic E-state index is 13.5. The first kappa shape index (κ1) is 24.1. The molecule has 7 heteroatoms. The Labute approximate surface area is 186 Å². The highest BCUT2D eigenvalue weighted by Crippen LogP contribution is 2.42. The number of hydrogen-bond acceptors (Lipinski definition) is 5. The van der Waals surface area contributed by atoms with Crippen molar-refractivity contribution in [2.45, 2.75) is 82.5 Å². The summed E-state index contributed by atoms with van der Waals surface area (Å²) in [6.45, 7) is 1.75. The Hall–Kier alpha value is -1.54. The smallest absolute Gasteiger partial charge is 0.303 e. The predicted octanol–water partition coefficient (Wildman–Crippen LogP) is 4.81. The first-order chi connectivity index (χ1) is 14.7. The van der Waals surface area contributed by atoms with E-state index in [4.69, 9.17) is 5.11 Å². The van der Waals surface area contributed by atoms with Gasteiger partial charge in [-0.2, -0.15) is 0 Å². The number of carboxylic acid groups (broad SMARTS) is 1. The number of carbonyl (C=O) groups is 1. The van der Waals surface area contributed by atoms with Crippen molar-refractivity contribution in [2.24, 2.45) is 11.8 Å². The summed E-state index contributed by atoms with van der Waals surface area (Å²) in [5, 5.41) is 41.6. The molecule has 1 aliphatic rings. The normalized spacial score (nSPS) is 25.7. The van der Waals surface area contributed by atoms with Gasteiger partial charge in [0, 0.05) is 16.0 Å². The minimum atomic E-state index is -1.09. The fourth-order valence-corrected chi connectivity index (χ4v) is 5.99. The third kappa shape index (κ3) is 6.25. The maximum atomic E-state index is 13.5. The van der Waals surface area contributed by atoms with E-state index in [9.17, 15) is 24.5 Å². The van der Waals surface area contributed by atoms with Gasteiger partial charge in [-0.25, -0.2) is 4.39 Å². The van der Waals surface area contributed by atoms with Gasteiger partial charge in [0.15, 0.2) is 0 Å². The highest BCUT2D eigenvalue weighted by atomic mass is 32.1. The second-order valence-corrected chi connectivity index (χ2v) is 10.2. The molecule has 0 spiro atoms. The van der Waals surface area contributed by atoms with Gasteiger partial charge in [-0.15, -0.1) is 11.3 Å². The summed E-state index contributed by atoms with van der Waals surface area (Å²) in [5.41, 5.74) is -1.09. The molecule has 1 aromatic heterocycles. The molecule has 31 heavy (non-hydrogen) atoms. The number of unbranched alkanes of at least 4 members (excludes halogenated alkanes) is 3. The van der Waals surface area contributed by atoms with Crippen molar-refractivity contribution >= 4 is 27.4 Å². The van der Waals surface area contributed by atoms with Crippen LogP contribution in [0.25, 0.3) is 10.1 Å². The van der Waals surface area contributed by atoms with E-state index in [2.05, 4.69) is 0 Å². The van der Waals surface area contributed by atoms with E-state index in [1.165, 1.54) is 23.5 Å². The molecule has 1 heterocycles. The third-order valence-corrected chi connectivity index (χ3v) is 8.03. The SMILES string of the molecule is CC(O)(CCC1C(CCCCCCC(=O)O)[C@@H](O)C[C@H]1O)c1cc2ccc(F)cc2s1. The number of hydrogen-bond donors (Lipinski definition) is 4. The molecule has 3 rings (SSSR count). The standard InChI is InChI=1S/C24H33FO5S/c1-24(30,22-12-15-8-9-16(25)13-21(15)31-22)11-10-18-17(19(26)14-20(18)27)6-4-2-3-5-7-23(28)29/h8-9,12-13,17-20,26-27,30H,2-7,10-11,14H2,1H3,(H,28,29)/t17?,18?,19-,20+,24?/m0/s1. The second kappa shape index (κ2) is 10.4. The van der Waals surface area contributed by atoms with Crippen LogP contribution in [0.5, 0.6) is 0 Å². The molecular weight excluding hydrogens is 419 g/mol. The zero-order valence-corrected chi connectivity index (χ0v) is 18.8. The van der Waals surface area contributed by atoms with E-state index < -0.39 is 23.8 Å². The molecule has 0 radical (unpaired) electrons. The van der Waals surface area contributed by atoms with E-state index in [-0.39, 0.29) is 24.1 Å². The number of fused-ring (bicyclic) bond motifs is 1. The van der Waals surface area contributed by atoms with Gasteiger partial charge >= 0.3 is 5.97 Å². The molecular formula is C24H33FO5S. The van der Waals surface area contributed by atoms with E-state index in [0.717, 1.165) is 40.6 Å². The molecule has 1 aliphatic carbocycles. The van der Waals surface area contributed by atoms with Crippen LogP contribution in [0, 0.1) is 17.7 Å². The number of aliphatic hydroxyl groups excluding tert-OH is 2. The third-order valence-electron chi connectivity index (χ3n) is 6.68. The molecule has 3 unspecified atom stereocenters. The molecule has 5 atom stereocenters. The van der Waals surface area contributed by atoms with Gasteiger partial charge in [-0.1, -0.05) is 25.3 Å². The van der Waals surface area contributed by atoms with Gasteiger partial charge < -0.3 is 20.4 Å². The van der Waals surface area contributed by atoms with Crippen molar-refractivity contribution in [1.82, 2.24) is 0 Å². The topological polar surface area (TPSA) is 98.0 Å². The van der Waals surface area contributed by atoms with Crippen LogP contribution in [0.2, 0.25) is 0 Å². The number of benzene rings is 1. The Morgan fingerprint density at radius 2 is 1.77 bits per heavy atom. The molecule has 0 aliphatic heterocycles. The van der Waals surface area contributed by atoms with Crippen LogP contribution < -0.4 is 0 Å². The average Bonchev–Trinajstić information content (AvgIpc) is 3.23. The van der Waals surface area contributed by atoms with E-state index in [0.29, 0.717) is 25.7 Å². The second-order valence-electron chi connectivity index (χ2n) is 9.15. The Balaban J connectivity index is 1.56. The molecule has 5 nitrogen and oxygen atoms in total. The van der Waals surface area contributed by atoms with Crippen LogP contribution in [0.4, 0.5) is 4.39 Å². The van der Waals surface area contributed by atoms with Crippen LogP contribution in [0.15, 0.2) is 24.3 Å². The fraction of sp³-hybridized carbons (Fsp3) is 0.625. The number of rotatable bonds is 11.